The fraction of sp³-hybridized carbons (Fsp3) is 0.333. The van der Waals surface area contributed by atoms with Gasteiger partial charge in [-0.05, 0) is 54.7 Å². The fourth-order valence-corrected chi connectivity index (χ4v) is 9.28. The third-order valence-corrected chi connectivity index (χ3v) is 12.3. The molecule has 3 aromatic carbocycles. The van der Waals surface area contributed by atoms with E-state index >= 15 is 8.78 Å². The minimum absolute atomic E-state index is 0.102. The normalized spacial score (nSPS) is 27.1. The zero-order valence-corrected chi connectivity index (χ0v) is 30.4. The number of anilines is 2. The summed E-state index contributed by atoms with van der Waals surface area (Å²) in [7, 11) is 2.14. The summed E-state index contributed by atoms with van der Waals surface area (Å²) in [6.45, 7) is 0. The largest absolute Gasteiger partial charge is 0.502 e. The number of rotatable bonds is 5. The van der Waals surface area contributed by atoms with Crippen LogP contribution in [-0.4, -0.2) is 52.7 Å². The molecule has 2 aliphatic heterocycles. The summed E-state index contributed by atoms with van der Waals surface area (Å²) < 4.78 is 167. The molecule has 2 saturated heterocycles. The van der Waals surface area contributed by atoms with Gasteiger partial charge in [0.15, 0.2) is 44.5 Å². The molecule has 9 nitrogen and oxygen atoms in total. The molecule has 6 atom stereocenters. The van der Waals surface area contributed by atoms with Crippen LogP contribution in [0.4, 0.5) is 59.7 Å². The quantitative estimate of drug-likeness (QED) is 0.0693. The number of methoxy groups -OCH3 is 2. The SMILES string of the molecule is COc1cc(C2C3=CCC4C(=O)N(c5cc(C(F)(F)F)cc(C(F)(F)F)c5)C(=O)C4C3CC3(Cl)C(=O)N(c4c(F)c(F)c(F)c(F)c4F)C(=O)C23Cl)cc(OC)c1O. The molecule has 0 bridgehead atoms. The van der Waals surface area contributed by atoms with E-state index < -0.39 is 144 Å². The molecule has 0 radical (unpaired) electrons. The van der Waals surface area contributed by atoms with Crippen molar-refractivity contribution < 1.29 is 82.1 Å². The summed E-state index contributed by atoms with van der Waals surface area (Å²) >= 11 is 14.1. The molecule has 1 saturated carbocycles. The van der Waals surface area contributed by atoms with Gasteiger partial charge in [-0.15, -0.1) is 23.2 Å². The van der Waals surface area contributed by atoms with Crippen molar-refractivity contribution in [1.82, 2.24) is 0 Å². The van der Waals surface area contributed by atoms with Gasteiger partial charge < -0.3 is 14.6 Å². The molecule has 6 unspecified atom stereocenters. The van der Waals surface area contributed by atoms with Crippen molar-refractivity contribution in [2.75, 3.05) is 24.0 Å². The number of imide groups is 2. The Morgan fingerprint density at radius 1 is 0.707 bits per heavy atom. The summed E-state index contributed by atoms with van der Waals surface area (Å²) in [5.74, 6) is -27.7. The maximum Gasteiger partial charge on any atom is 0.416 e. The number of fused-ring (bicyclic) bond motifs is 4. The van der Waals surface area contributed by atoms with Gasteiger partial charge in [0.2, 0.25) is 23.4 Å². The van der Waals surface area contributed by atoms with Gasteiger partial charge in [0.25, 0.3) is 11.8 Å². The van der Waals surface area contributed by atoms with E-state index in [1.807, 2.05) is 0 Å². The minimum Gasteiger partial charge on any atom is -0.502 e. The molecule has 3 fully saturated rings. The summed E-state index contributed by atoms with van der Waals surface area (Å²) in [6.07, 6.45) is -11.1. The van der Waals surface area contributed by atoms with Crippen LogP contribution < -0.4 is 19.3 Å². The zero-order chi connectivity index (χ0) is 42.9. The van der Waals surface area contributed by atoms with E-state index in [-0.39, 0.29) is 45.7 Å². The number of hydrogen-bond acceptors (Lipinski definition) is 7. The number of carbonyl (C=O) groups excluding carboxylic acids is 4. The van der Waals surface area contributed by atoms with Crippen molar-refractivity contribution in [2.45, 2.75) is 40.9 Å². The highest BCUT2D eigenvalue weighted by Gasteiger charge is 2.77. The van der Waals surface area contributed by atoms with Crippen LogP contribution in [0, 0.1) is 46.8 Å². The van der Waals surface area contributed by atoms with E-state index in [1.165, 1.54) is 6.08 Å². The predicted octanol–water partition coefficient (Wildman–Crippen LogP) is 7.91. The number of amides is 4. The summed E-state index contributed by atoms with van der Waals surface area (Å²) in [4.78, 5) is 50.6. The maximum atomic E-state index is 15.3. The monoisotopic (exact) mass is 872 g/mol. The van der Waals surface area contributed by atoms with Crippen molar-refractivity contribution in [3.8, 4) is 17.2 Å². The Bertz CT molecular complexity index is 2320. The molecular formula is C36H21Cl2F11N2O7. The molecule has 2 heterocycles. The molecular weight excluding hydrogens is 852 g/mol. The summed E-state index contributed by atoms with van der Waals surface area (Å²) in [5, 5.41) is 10.7. The highest BCUT2D eigenvalue weighted by atomic mass is 35.5. The fourth-order valence-electron chi connectivity index (χ4n) is 8.34. The molecule has 0 spiro atoms. The van der Waals surface area contributed by atoms with Crippen LogP contribution in [-0.2, 0) is 31.5 Å². The van der Waals surface area contributed by atoms with E-state index in [0.717, 1.165) is 26.4 Å². The zero-order valence-electron chi connectivity index (χ0n) is 28.9. The highest BCUT2D eigenvalue weighted by Crippen LogP contribution is 2.67. The van der Waals surface area contributed by atoms with Gasteiger partial charge in [-0.2, -0.15) is 26.3 Å². The van der Waals surface area contributed by atoms with Gasteiger partial charge in [0.1, 0.15) is 5.69 Å². The van der Waals surface area contributed by atoms with E-state index in [0.29, 0.717) is 0 Å². The average molecular weight is 873 g/mol. The van der Waals surface area contributed by atoms with E-state index in [9.17, 15) is 63.8 Å². The Kier molecular flexibility index (Phi) is 9.35. The number of hydrogen-bond donors (Lipinski definition) is 1. The Hall–Kier alpha value is -5.11. The first-order valence-electron chi connectivity index (χ1n) is 16.5. The second-order valence-electron chi connectivity index (χ2n) is 13.7. The molecule has 2 aliphatic carbocycles. The van der Waals surface area contributed by atoms with Gasteiger partial charge in [0.05, 0.1) is 42.9 Å². The van der Waals surface area contributed by atoms with Crippen molar-refractivity contribution >= 4 is 58.2 Å². The lowest BCUT2D eigenvalue weighted by atomic mass is 9.56. The van der Waals surface area contributed by atoms with Crippen LogP contribution in [0.3, 0.4) is 0 Å². The lowest BCUT2D eigenvalue weighted by molar-refractivity contribution is -0.143. The van der Waals surface area contributed by atoms with Gasteiger partial charge in [-0.25, -0.2) is 31.8 Å². The number of nitrogens with zero attached hydrogens (tertiary/aromatic N) is 2. The van der Waals surface area contributed by atoms with E-state index in [2.05, 4.69) is 0 Å². The molecule has 4 amide bonds. The number of carbonyl (C=O) groups is 4. The number of halogens is 13. The van der Waals surface area contributed by atoms with Crippen molar-refractivity contribution in [1.29, 1.82) is 0 Å². The number of aromatic hydroxyl groups is 1. The number of allylic oxidation sites excluding steroid dienone is 2. The van der Waals surface area contributed by atoms with Gasteiger partial charge in [-0.3, -0.25) is 19.2 Å². The molecule has 7 rings (SSSR count). The standard InChI is InChI=1S/C36H21Cl2F11N2O7/c1-57-18-5-11(6-19(58-2)28(18)52)21-15-3-4-16-20(30(54)50(29(16)53)14-8-12(35(44,45)46)7-13(9-14)36(47,48)49)17(15)10-33(37)31(55)51(32(56)34(21,33)38)27-25(42)23(40)22(39)24(41)26(27)43/h3,5-9,16-17,20-21,52H,4,10H2,1-2H3. The summed E-state index contributed by atoms with van der Waals surface area (Å²) in [5.41, 5.74) is -7.30. The predicted molar refractivity (Wildman–Crippen MR) is 177 cm³/mol. The Balaban J connectivity index is 1.45. The number of ether oxygens (including phenoxy) is 2. The van der Waals surface area contributed by atoms with E-state index in [1.54, 1.807) is 0 Å². The molecule has 0 aromatic heterocycles. The first kappa shape index (κ1) is 41.1. The van der Waals surface area contributed by atoms with Crippen molar-refractivity contribution in [3.05, 3.63) is 87.8 Å². The minimum atomic E-state index is -5.39. The molecule has 308 valence electrons. The third-order valence-electron chi connectivity index (χ3n) is 10.9. The molecule has 3 aromatic rings. The van der Waals surface area contributed by atoms with Crippen LogP contribution in [0.1, 0.15) is 35.4 Å². The second kappa shape index (κ2) is 13.2. The van der Waals surface area contributed by atoms with Crippen molar-refractivity contribution in [3.63, 3.8) is 0 Å². The Morgan fingerprint density at radius 2 is 1.21 bits per heavy atom. The van der Waals surface area contributed by atoms with Gasteiger partial charge >= 0.3 is 12.4 Å². The van der Waals surface area contributed by atoms with Crippen molar-refractivity contribution in [2.24, 2.45) is 17.8 Å². The van der Waals surface area contributed by atoms with Crippen LogP contribution in [0.2, 0.25) is 0 Å². The number of benzene rings is 3. The summed E-state index contributed by atoms with van der Waals surface area (Å²) in [6, 6.07) is 2.12. The topological polar surface area (TPSA) is 113 Å². The first-order chi connectivity index (χ1) is 26.9. The molecule has 4 aliphatic rings. The Morgan fingerprint density at radius 3 is 1.69 bits per heavy atom. The Labute approximate surface area is 327 Å². The second-order valence-corrected chi connectivity index (χ2v) is 15.0. The lowest BCUT2D eigenvalue weighted by Gasteiger charge is -2.50. The number of phenols is 1. The van der Waals surface area contributed by atoms with E-state index in [4.69, 9.17) is 32.7 Å². The number of phenolic OH excluding ortho intramolecular Hbond substituents is 1. The lowest BCUT2D eigenvalue weighted by Crippen LogP contribution is -2.60. The maximum absolute atomic E-state index is 15.3. The average Bonchev–Trinajstić information content (AvgIpc) is 3.50. The molecule has 1 N–H and O–H groups in total. The van der Waals surface area contributed by atoms with Gasteiger partial charge in [-0.1, -0.05) is 11.6 Å². The third kappa shape index (κ3) is 5.49. The van der Waals surface area contributed by atoms with Crippen LogP contribution in [0.15, 0.2) is 42.0 Å². The number of alkyl halides is 8. The first-order valence-corrected chi connectivity index (χ1v) is 17.2. The van der Waals surface area contributed by atoms with Crippen LogP contribution >= 0.6 is 23.2 Å². The smallest absolute Gasteiger partial charge is 0.416 e. The molecule has 58 heavy (non-hydrogen) atoms. The van der Waals surface area contributed by atoms with Crippen LogP contribution in [0.25, 0.3) is 0 Å². The molecule has 22 heteroatoms. The van der Waals surface area contributed by atoms with Crippen LogP contribution in [0.5, 0.6) is 17.2 Å². The highest BCUT2D eigenvalue weighted by molar-refractivity contribution is 6.58. The van der Waals surface area contributed by atoms with Gasteiger partial charge in [0, 0.05) is 5.92 Å².